The summed E-state index contributed by atoms with van der Waals surface area (Å²) in [6, 6.07) is 0. The predicted octanol–water partition coefficient (Wildman–Crippen LogP) is 0.815. The number of hydrogen-bond acceptors (Lipinski definition) is 3. The van der Waals surface area contributed by atoms with Gasteiger partial charge in [-0.15, -0.1) is 0 Å². The third-order valence-electron chi connectivity index (χ3n) is 2.60. The first-order valence-corrected chi connectivity index (χ1v) is 7.09. The van der Waals surface area contributed by atoms with Crippen LogP contribution in [-0.2, 0) is 14.8 Å². The van der Waals surface area contributed by atoms with E-state index < -0.39 is 21.9 Å². The molecule has 0 spiro atoms. The lowest BCUT2D eigenvalue weighted by Crippen LogP contribution is -2.35. The minimum atomic E-state index is -3.26. The smallest absolute Gasteiger partial charge is 0.307 e. The summed E-state index contributed by atoms with van der Waals surface area (Å²) in [5.74, 6) is -1.33. The molecule has 0 bridgehead atoms. The highest BCUT2D eigenvalue weighted by Gasteiger charge is 2.36. The van der Waals surface area contributed by atoms with Gasteiger partial charge in [0.2, 0.25) is 10.0 Å². The van der Waals surface area contributed by atoms with Crippen LogP contribution in [0, 0.1) is 11.8 Å². The van der Waals surface area contributed by atoms with Gasteiger partial charge in [-0.1, -0.05) is 13.8 Å². The van der Waals surface area contributed by atoms with Gasteiger partial charge in [0.15, 0.2) is 0 Å². The fourth-order valence-electron chi connectivity index (χ4n) is 1.55. The molecule has 1 aliphatic rings. The molecule has 1 saturated carbocycles. The molecule has 1 atom stereocenters. The largest absolute Gasteiger partial charge is 0.481 e. The lowest BCUT2D eigenvalue weighted by atomic mass is 9.98. The second kappa shape index (κ2) is 5.14. The summed E-state index contributed by atoms with van der Waals surface area (Å²) in [6.07, 6.45) is 1.87. The van der Waals surface area contributed by atoms with Gasteiger partial charge in [0.25, 0.3) is 0 Å². The number of aliphatic carboxylic acids is 1. The highest BCUT2D eigenvalue weighted by Crippen LogP contribution is 2.27. The third-order valence-corrected chi connectivity index (χ3v) is 4.52. The molecule has 0 amide bonds. The van der Waals surface area contributed by atoms with E-state index in [9.17, 15) is 13.2 Å². The highest BCUT2D eigenvalue weighted by atomic mass is 32.2. The zero-order chi connectivity index (χ0) is 12.3. The van der Waals surface area contributed by atoms with Crippen molar-refractivity contribution in [2.75, 3.05) is 6.54 Å². The molecule has 2 N–H and O–H groups in total. The summed E-state index contributed by atoms with van der Waals surface area (Å²) in [5.41, 5.74) is 0. The summed E-state index contributed by atoms with van der Waals surface area (Å²) in [6.45, 7) is 3.85. The van der Waals surface area contributed by atoms with Crippen LogP contribution < -0.4 is 4.72 Å². The van der Waals surface area contributed by atoms with Crippen LogP contribution in [0.3, 0.4) is 0 Å². The Balaban J connectivity index is 2.46. The van der Waals surface area contributed by atoms with E-state index in [-0.39, 0.29) is 17.7 Å². The maximum atomic E-state index is 11.5. The van der Waals surface area contributed by atoms with E-state index in [2.05, 4.69) is 4.72 Å². The fraction of sp³-hybridized carbons (Fsp3) is 0.900. The lowest BCUT2D eigenvalue weighted by molar-refractivity contribution is -0.142. The number of carboxylic acids is 1. The number of hydrogen-bond donors (Lipinski definition) is 2. The molecule has 0 aromatic rings. The van der Waals surface area contributed by atoms with E-state index in [4.69, 9.17) is 5.11 Å². The molecule has 0 aromatic heterocycles. The molecule has 1 aliphatic carbocycles. The van der Waals surface area contributed by atoms with Crippen LogP contribution in [0.5, 0.6) is 0 Å². The molecule has 0 aromatic carbocycles. The Morgan fingerprint density at radius 2 is 2.00 bits per heavy atom. The average Bonchev–Trinajstić information content (AvgIpc) is 2.93. The molecule has 0 radical (unpaired) electrons. The zero-order valence-corrected chi connectivity index (χ0v) is 10.5. The van der Waals surface area contributed by atoms with Crippen LogP contribution in [0.15, 0.2) is 0 Å². The first-order chi connectivity index (χ1) is 7.33. The normalized spacial score (nSPS) is 18.7. The molecular formula is C10H19NO4S. The molecule has 0 aliphatic heterocycles. The standard InChI is InChI=1S/C10H19NO4S/c1-7(2)5-8(10(12)13)6-11-16(14,15)9-3-4-9/h7-9,11H,3-6H2,1-2H3,(H,12,13). The Morgan fingerprint density at radius 1 is 1.44 bits per heavy atom. The molecule has 6 heteroatoms. The van der Waals surface area contributed by atoms with Crippen molar-refractivity contribution in [3.05, 3.63) is 0 Å². The van der Waals surface area contributed by atoms with Crippen molar-refractivity contribution in [1.29, 1.82) is 0 Å². The molecular weight excluding hydrogens is 230 g/mol. The van der Waals surface area contributed by atoms with Crippen molar-refractivity contribution in [2.24, 2.45) is 11.8 Å². The van der Waals surface area contributed by atoms with Gasteiger partial charge in [-0.3, -0.25) is 4.79 Å². The predicted molar refractivity (Wildman–Crippen MR) is 60.5 cm³/mol. The van der Waals surface area contributed by atoms with E-state index in [0.29, 0.717) is 19.3 Å². The summed E-state index contributed by atoms with van der Waals surface area (Å²) >= 11 is 0. The molecule has 1 unspecified atom stereocenters. The minimum absolute atomic E-state index is 0.00630. The Morgan fingerprint density at radius 3 is 2.38 bits per heavy atom. The summed E-state index contributed by atoms with van der Waals surface area (Å²) in [5, 5.41) is 8.65. The summed E-state index contributed by atoms with van der Waals surface area (Å²) < 4.78 is 25.4. The number of rotatable bonds is 7. The van der Waals surface area contributed by atoms with Gasteiger partial charge in [0.05, 0.1) is 11.2 Å². The van der Waals surface area contributed by atoms with E-state index in [0.717, 1.165) is 0 Å². The van der Waals surface area contributed by atoms with Gasteiger partial charge in [0, 0.05) is 6.54 Å². The van der Waals surface area contributed by atoms with Gasteiger partial charge >= 0.3 is 5.97 Å². The maximum absolute atomic E-state index is 11.5. The first kappa shape index (κ1) is 13.4. The topological polar surface area (TPSA) is 83.5 Å². The molecule has 1 rings (SSSR count). The second-order valence-corrected chi connectivity index (χ2v) is 6.80. The SMILES string of the molecule is CC(C)CC(CNS(=O)(=O)C1CC1)C(=O)O. The van der Waals surface area contributed by atoms with Crippen molar-refractivity contribution >= 4 is 16.0 Å². The van der Waals surface area contributed by atoms with Gasteiger partial charge in [-0.2, -0.15) is 0 Å². The van der Waals surface area contributed by atoms with E-state index in [1.807, 2.05) is 13.8 Å². The monoisotopic (exact) mass is 249 g/mol. The Hall–Kier alpha value is -0.620. The van der Waals surface area contributed by atoms with Gasteiger partial charge in [-0.25, -0.2) is 13.1 Å². The number of carbonyl (C=O) groups is 1. The van der Waals surface area contributed by atoms with Crippen LogP contribution in [0.1, 0.15) is 33.1 Å². The maximum Gasteiger partial charge on any atom is 0.307 e. The quantitative estimate of drug-likeness (QED) is 0.699. The van der Waals surface area contributed by atoms with Gasteiger partial charge < -0.3 is 5.11 Å². The number of nitrogens with one attached hydrogen (secondary N) is 1. The average molecular weight is 249 g/mol. The van der Waals surface area contributed by atoms with Crippen molar-refractivity contribution in [2.45, 2.75) is 38.4 Å². The zero-order valence-electron chi connectivity index (χ0n) is 9.64. The number of sulfonamides is 1. The van der Waals surface area contributed by atoms with Crippen LogP contribution >= 0.6 is 0 Å². The van der Waals surface area contributed by atoms with Crippen LogP contribution in [-0.4, -0.2) is 31.3 Å². The second-order valence-electron chi connectivity index (χ2n) is 4.76. The van der Waals surface area contributed by atoms with E-state index in [1.165, 1.54) is 0 Å². The van der Waals surface area contributed by atoms with Crippen LogP contribution in [0.25, 0.3) is 0 Å². The molecule has 5 nitrogen and oxygen atoms in total. The molecule has 94 valence electrons. The van der Waals surface area contributed by atoms with E-state index in [1.54, 1.807) is 0 Å². The molecule has 0 heterocycles. The lowest BCUT2D eigenvalue weighted by Gasteiger charge is -2.15. The number of carboxylic acid groups (broad SMARTS) is 1. The molecule has 1 fully saturated rings. The van der Waals surface area contributed by atoms with Crippen molar-refractivity contribution in [1.82, 2.24) is 4.72 Å². The summed E-state index contributed by atoms with van der Waals surface area (Å²) in [7, 11) is -3.26. The van der Waals surface area contributed by atoms with Crippen LogP contribution in [0.2, 0.25) is 0 Å². The Labute approximate surface area is 96.3 Å². The van der Waals surface area contributed by atoms with Gasteiger partial charge in [-0.05, 0) is 25.2 Å². The minimum Gasteiger partial charge on any atom is -0.481 e. The first-order valence-electron chi connectivity index (χ1n) is 5.54. The van der Waals surface area contributed by atoms with Gasteiger partial charge in [0.1, 0.15) is 0 Å². The molecule has 16 heavy (non-hydrogen) atoms. The van der Waals surface area contributed by atoms with E-state index >= 15 is 0 Å². The Kier molecular flexibility index (Phi) is 4.32. The summed E-state index contributed by atoms with van der Waals surface area (Å²) in [4.78, 5) is 10.9. The fourth-order valence-corrected chi connectivity index (χ4v) is 2.98. The van der Waals surface area contributed by atoms with Crippen molar-refractivity contribution in [3.63, 3.8) is 0 Å². The third kappa shape index (κ3) is 4.09. The van der Waals surface area contributed by atoms with Crippen molar-refractivity contribution < 1.29 is 18.3 Å². The highest BCUT2D eigenvalue weighted by molar-refractivity contribution is 7.90. The van der Waals surface area contributed by atoms with Crippen molar-refractivity contribution in [3.8, 4) is 0 Å². The van der Waals surface area contributed by atoms with Crippen LogP contribution in [0.4, 0.5) is 0 Å². The Bertz CT molecular complexity index is 346. The molecule has 0 saturated heterocycles.